The van der Waals surface area contributed by atoms with Crippen LogP contribution in [-0.4, -0.2) is 36.3 Å². The van der Waals surface area contributed by atoms with Crippen LogP contribution in [0, 0.1) is 0 Å². The smallest absolute Gasteiger partial charge is 0.211 e. The Bertz CT molecular complexity index is 991. The van der Waals surface area contributed by atoms with Crippen LogP contribution in [-0.2, 0) is 11.2 Å². The third kappa shape index (κ3) is 6.73. The summed E-state index contributed by atoms with van der Waals surface area (Å²) in [5, 5.41) is 29.1. The highest BCUT2D eigenvalue weighted by Gasteiger charge is 2.10. The average molecular weight is 436 g/mol. The fourth-order valence-corrected chi connectivity index (χ4v) is 3.25. The molecule has 0 aromatic heterocycles. The van der Waals surface area contributed by atoms with Crippen LogP contribution in [0.3, 0.4) is 0 Å². The Hall–Kier alpha value is -3.55. The van der Waals surface area contributed by atoms with Crippen molar-refractivity contribution in [3.63, 3.8) is 0 Å². The Labute approximate surface area is 188 Å². The van der Waals surface area contributed by atoms with Crippen molar-refractivity contribution in [3.8, 4) is 11.5 Å². The predicted octanol–water partition coefficient (Wildman–Crippen LogP) is 3.97. The second-order valence-electron chi connectivity index (χ2n) is 7.29. The molecule has 3 aromatic carbocycles. The molecule has 168 valence electrons. The van der Waals surface area contributed by atoms with E-state index >= 15 is 0 Å². The molecule has 0 saturated heterocycles. The second-order valence-corrected chi connectivity index (χ2v) is 7.29. The van der Waals surface area contributed by atoms with Gasteiger partial charge in [0.15, 0.2) is 0 Å². The zero-order valence-electron chi connectivity index (χ0n) is 18.0. The third-order valence-electron chi connectivity index (χ3n) is 4.96. The fraction of sp³-hybridized carbons (Fsp3) is 0.240. The van der Waals surface area contributed by atoms with Crippen molar-refractivity contribution in [3.05, 3.63) is 77.9 Å². The molecular formula is C25H29N3O4. The fourth-order valence-electron chi connectivity index (χ4n) is 3.25. The van der Waals surface area contributed by atoms with Gasteiger partial charge in [-0.3, -0.25) is 4.79 Å². The van der Waals surface area contributed by atoms with E-state index in [4.69, 9.17) is 4.74 Å². The van der Waals surface area contributed by atoms with Crippen molar-refractivity contribution in [1.29, 1.82) is 0 Å². The predicted molar refractivity (Wildman–Crippen MR) is 127 cm³/mol. The van der Waals surface area contributed by atoms with Gasteiger partial charge in [-0.25, -0.2) is 0 Å². The van der Waals surface area contributed by atoms with Crippen LogP contribution in [0.25, 0.3) is 0 Å². The van der Waals surface area contributed by atoms with Gasteiger partial charge in [0.2, 0.25) is 6.41 Å². The van der Waals surface area contributed by atoms with E-state index in [1.807, 2.05) is 43.3 Å². The number of hydrogen-bond donors (Lipinski definition) is 5. The van der Waals surface area contributed by atoms with E-state index in [2.05, 4.69) is 28.1 Å². The Morgan fingerprint density at radius 1 is 1.00 bits per heavy atom. The summed E-state index contributed by atoms with van der Waals surface area (Å²) in [5.41, 5.74) is 4.08. The molecule has 5 N–H and O–H groups in total. The van der Waals surface area contributed by atoms with Crippen LogP contribution >= 0.6 is 0 Å². The molecule has 0 saturated carbocycles. The van der Waals surface area contributed by atoms with E-state index in [9.17, 15) is 15.0 Å². The number of amides is 1. The monoisotopic (exact) mass is 435 g/mol. The van der Waals surface area contributed by atoms with E-state index < -0.39 is 6.10 Å². The van der Waals surface area contributed by atoms with Crippen molar-refractivity contribution < 1.29 is 19.7 Å². The van der Waals surface area contributed by atoms with Crippen LogP contribution < -0.4 is 20.7 Å². The van der Waals surface area contributed by atoms with E-state index in [1.54, 1.807) is 12.1 Å². The summed E-state index contributed by atoms with van der Waals surface area (Å²) in [6, 6.07) is 20.7. The SMILES string of the molecule is CCOc1ccc(Nc2ccc(CCNC[C@@H](O)c3ccc(O)c(NC=O)c3)cc2)cc1. The number of nitrogens with one attached hydrogen (secondary N) is 3. The molecule has 0 aliphatic carbocycles. The maximum atomic E-state index is 10.6. The number of phenolic OH excluding ortho intramolecular Hbond substituents is 1. The van der Waals surface area contributed by atoms with Gasteiger partial charge in [-0.05, 0) is 79.5 Å². The van der Waals surface area contributed by atoms with Gasteiger partial charge in [0, 0.05) is 17.9 Å². The van der Waals surface area contributed by atoms with Crippen LogP contribution in [0.5, 0.6) is 11.5 Å². The highest BCUT2D eigenvalue weighted by molar-refractivity contribution is 5.75. The number of hydrogen-bond acceptors (Lipinski definition) is 6. The van der Waals surface area contributed by atoms with Gasteiger partial charge in [0.05, 0.1) is 18.4 Å². The van der Waals surface area contributed by atoms with Crippen LogP contribution in [0.1, 0.15) is 24.2 Å². The molecule has 3 rings (SSSR count). The highest BCUT2D eigenvalue weighted by atomic mass is 16.5. The molecule has 7 heteroatoms. The second kappa shape index (κ2) is 11.7. The van der Waals surface area contributed by atoms with E-state index in [-0.39, 0.29) is 11.4 Å². The Morgan fingerprint density at radius 2 is 1.69 bits per heavy atom. The van der Waals surface area contributed by atoms with Crippen molar-refractivity contribution in [2.24, 2.45) is 0 Å². The third-order valence-corrected chi connectivity index (χ3v) is 4.96. The van der Waals surface area contributed by atoms with Gasteiger partial charge in [-0.2, -0.15) is 0 Å². The van der Waals surface area contributed by atoms with Crippen LogP contribution in [0.4, 0.5) is 17.1 Å². The van der Waals surface area contributed by atoms with Gasteiger partial charge in [0.1, 0.15) is 11.5 Å². The quantitative estimate of drug-likeness (QED) is 0.168. The summed E-state index contributed by atoms with van der Waals surface area (Å²) in [4.78, 5) is 10.6. The van der Waals surface area contributed by atoms with Crippen LogP contribution in [0.15, 0.2) is 66.7 Å². The lowest BCUT2D eigenvalue weighted by atomic mass is 10.1. The normalized spacial score (nSPS) is 11.6. The van der Waals surface area contributed by atoms with Crippen molar-refractivity contribution in [1.82, 2.24) is 5.32 Å². The molecular weight excluding hydrogens is 406 g/mol. The van der Waals surface area contributed by atoms with E-state index in [0.717, 1.165) is 23.5 Å². The standard InChI is InChI=1S/C25H29N3O4/c1-2-32-22-10-8-21(9-11-22)28-20-6-3-18(4-7-20)13-14-26-16-25(31)19-5-12-24(30)23(15-19)27-17-29/h3-12,15,17,25-26,28,30-31H,2,13-14,16H2,1H3,(H,27,29)/t25-/m1/s1. The summed E-state index contributed by atoms with van der Waals surface area (Å²) < 4.78 is 5.46. The van der Waals surface area contributed by atoms with Gasteiger partial charge in [-0.15, -0.1) is 0 Å². The molecule has 0 aliphatic rings. The minimum absolute atomic E-state index is 0.0403. The van der Waals surface area contributed by atoms with Gasteiger partial charge >= 0.3 is 0 Å². The van der Waals surface area contributed by atoms with Crippen molar-refractivity contribution in [2.75, 3.05) is 30.3 Å². The first-order valence-electron chi connectivity index (χ1n) is 10.6. The highest BCUT2D eigenvalue weighted by Crippen LogP contribution is 2.26. The summed E-state index contributed by atoms with van der Waals surface area (Å²) in [6.07, 6.45) is 0.565. The number of ether oxygens (including phenoxy) is 1. The van der Waals surface area contributed by atoms with Crippen molar-refractivity contribution in [2.45, 2.75) is 19.4 Å². The maximum Gasteiger partial charge on any atom is 0.211 e. The largest absolute Gasteiger partial charge is 0.506 e. The number of carbonyl (C=O) groups excluding carboxylic acids is 1. The molecule has 1 atom stereocenters. The molecule has 1 amide bonds. The van der Waals surface area contributed by atoms with Gasteiger partial charge in [0.25, 0.3) is 0 Å². The summed E-state index contributed by atoms with van der Waals surface area (Å²) in [5.74, 6) is 0.816. The first-order valence-corrected chi connectivity index (χ1v) is 10.6. The minimum Gasteiger partial charge on any atom is -0.506 e. The summed E-state index contributed by atoms with van der Waals surface area (Å²) in [7, 11) is 0. The molecule has 7 nitrogen and oxygen atoms in total. The number of aliphatic hydroxyl groups excluding tert-OH is 1. The lowest BCUT2D eigenvalue weighted by Crippen LogP contribution is -2.23. The molecule has 0 unspecified atom stereocenters. The lowest BCUT2D eigenvalue weighted by Gasteiger charge is -2.14. The molecule has 0 bridgehead atoms. The first-order chi connectivity index (χ1) is 15.6. The maximum absolute atomic E-state index is 10.6. The van der Waals surface area contributed by atoms with E-state index in [1.165, 1.54) is 11.6 Å². The number of aliphatic hydroxyl groups is 1. The molecule has 0 heterocycles. The molecule has 0 spiro atoms. The van der Waals surface area contributed by atoms with Crippen molar-refractivity contribution >= 4 is 23.5 Å². The number of anilines is 3. The molecule has 0 radical (unpaired) electrons. The zero-order chi connectivity index (χ0) is 22.8. The lowest BCUT2D eigenvalue weighted by molar-refractivity contribution is -0.105. The number of phenols is 1. The molecule has 0 fully saturated rings. The van der Waals surface area contributed by atoms with E-state index in [0.29, 0.717) is 31.7 Å². The molecule has 32 heavy (non-hydrogen) atoms. The molecule has 0 aliphatic heterocycles. The average Bonchev–Trinajstić information content (AvgIpc) is 2.81. The number of aromatic hydroxyl groups is 1. The minimum atomic E-state index is -0.747. The number of benzene rings is 3. The topological polar surface area (TPSA) is 103 Å². The molecule has 3 aromatic rings. The number of carbonyl (C=O) groups is 1. The Kier molecular flexibility index (Phi) is 8.48. The zero-order valence-corrected chi connectivity index (χ0v) is 18.0. The first kappa shape index (κ1) is 23.1. The van der Waals surface area contributed by atoms with Gasteiger partial charge in [-0.1, -0.05) is 18.2 Å². The summed E-state index contributed by atoms with van der Waals surface area (Å²) in [6.45, 7) is 3.69. The van der Waals surface area contributed by atoms with Crippen LogP contribution in [0.2, 0.25) is 0 Å². The Balaban J connectivity index is 1.43. The summed E-state index contributed by atoms with van der Waals surface area (Å²) >= 11 is 0. The van der Waals surface area contributed by atoms with Gasteiger partial charge < -0.3 is 30.9 Å². The number of rotatable bonds is 12. The Morgan fingerprint density at radius 3 is 2.34 bits per heavy atom.